The van der Waals surface area contributed by atoms with Crippen molar-refractivity contribution in [3.05, 3.63) is 35.4 Å². The summed E-state index contributed by atoms with van der Waals surface area (Å²) in [5, 5.41) is 3.03. The number of unbranched alkanes of at least 4 members (excludes halogenated alkanes) is 2. The molecule has 1 rings (SSSR count). The zero-order chi connectivity index (χ0) is 15.0. The van der Waals surface area contributed by atoms with E-state index in [9.17, 15) is 4.79 Å². The van der Waals surface area contributed by atoms with Gasteiger partial charge in [0, 0.05) is 18.0 Å². The van der Waals surface area contributed by atoms with E-state index in [-0.39, 0.29) is 11.3 Å². The fourth-order valence-corrected chi connectivity index (χ4v) is 2.29. The predicted octanol–water partition coefficient (Wildman–Crippen LogP) is 4.76. The molecular formula is C17H26ClNO. The lowest BCUT2D eigenvalue weighted by Gasteiger charge is -2.25. The zero-order valence-corrected chi connectivity index (χ0v) is 13.6. The van der Waals surface area contributed by atoms with Crippen LogP contribution in [-0.4, -0.2) is 12.5 Å². The highest BCUT2D eigenvalue weighted by molar-refractivity contribution is 6.17. The lowest BCUT2D eigenvalue weighted by Crippen LogP contribution is -2.34. The Bertz CT molecular complexity index is 412. The van der Waals surface area contributed by atoms with Crippen LogP contribution in [0.4, 0.5) is 0 Å². The maximum atomic E-state index is 12.1. The summed E-state index contributed by atoms with van der Waals surface area (Å²) in [5.41, 5.74) is 1.88. The molecule has 3 heteroatoms. The molecule has 0 spiro atoms. The second kappa shape index (κ2) is 8.31. The van der Waals surface area contributed by atoms with Crippen molar-refractivity contribution in [1.29, 1.82) is 0 Å². The summed E-state index contributed by atoms with van der Waals surface area (Å²) in [7, 11) is 0. The van der Waals surface area contributed by atoms with Crippen LogP contribution in [0.2, 0.25) is 0 Å². The van der Waals surface area contributed by atoms with Crippen LogP contribution >= 0.6 is 11.6 Å². The standard InChI is InChI=1S/C17H26ClNO/c1-4-5-6-11-17(2,3)13-19-16(20)15-9-7-14(12-18)8-10-15/h7-10H,4-6,11-13H2,1-3H3,(H,19,20). The van der Waals surface area contributed by atoms with Crippen molar-refractivity contribution in [2.24, 2.45) is 5.41 Å². The quantitative estimate of drug-likeness (QED) is 0.543. The van der Waals surface area contributed by atoms with E-state index in [1.54, 1.807) is 0 Å². The third kappa shape index (κ3) is 5.96. The van der Waals surface area contributed by atoms with Gasteiger partial charge in [-0.05, 0) is 29.5 Å². The monoisotopic (exact) mass is 295 g/mol. The summed E-state index contributed by atoms with van der Waals surface area (Å²) in [4.78, 5) is 12.1. The Morgan fingerprint density at radius 1 is 1.20 bits per heavy atom. The number of alkyl halides is 1. The highest BCUT2D eigenvalue weighted by atomic mass is 35.5. The van der Waals surface area contributed by atoms with Crippen molar-refractivity contribution < 1.29 is 4.79 Å². The van der Waals surface area contributed by atoms with Crippen LogP contribution in [0, 0.1) is 5.41 Å². The van der Waals surface area contributed by atoms with E-state index in [1.807, 2.05) is 24.3 Å². The van der Waals surface area contributed by atoms with E-state index >= 15 is 0 Å². The molecule has 0 atom stereocenters. The minimum atomic E-state index is -0.00492. The Morgan fingerprint density at radius 2 is 1.85 bits per heavy atom. The van der Waals surface area contributed by atoms with Gasteiger partial charge in [0.1, 0.15) is 0 Å². The lowest BCUT2D eigenvalue weighted by atomic mass is 9.87. The van der Waals surface area contributed by atoms with E-state index in [1.165, 1.54) is 19.3 Å². The van der Waals surface area contributed by atoms with E-state index in [0.29, 0.717) is 18.0 Å². The summed E-state index contributed by atoms with van der Waals surface area (Å²) in [5.74, 6) is 0.474. The van der Waals surface area contributed by atoms with Gasteiger partial charge in [-0.25, -0.2) is 0 Å². The van der Waals surface area contributed by atoms with E-state index < -0.39 is 0 Å². The molecule has 0 saturated carbocycles. The number of hydrogen-bond donors (Lipinski definition) is 1. The Morgan fingerprint density at radius 3 is 2.40 bits per heavy atom. The van der Waals surface area contributed by atoms with Crippen molar-refractivity contribution in [2.45, 2.75) is 52.3 Å². The SMILES string of the molecule is CCCCCC(C)(C)CNC(=O)c1ccc(CCl)cc1. The normalized spacial score (nSPS) is 11.4. The minimum Gasteiger partial charge on any atom is -0.352 e. The van der Waals surface area contributed by atoms with Crippen molar-refractivity contribution in [1.82, 2.24) is 5.32 Å². The maximum absolute atomic E-state index is 12.1. The molecule has 2 nitrogen and oxygen atoms in total. The van der Waals surface area contributed by atoms with Crippen molar-refractivity contribution >= 4 is 17.5 Å². The van der Waals surface area contributed by atoms with Crippen LogP contribution < -0.4 is 5.32 Å². The summed E-state index contributed by atoms with van der Waals surface area (Å²) in [6.45, 7) is 7.34. The van der Waals surface area contributed by atoms with Crippen molar-refractivity contribution in [3.8, 4) is 0 Å². The van der Waals surface area contributed by atoms with Crippen molar-refractivity contribution in [3.63, 3.8) is 0 Å². The molecule has 112 valence electrons. The van der Waals surface area contributed by atoms with Gasteiger partial charge in [0.25, 0.3) is 5.91 Å². The molecule has 0 aliphatic carbocycles. The van der Waals surface area contributed by atoms with Crippen LogP contribution in [0.5, 0.6) is 0 Å². The van der Waals surface area contributed by atoms with E-state index in [2.05, 4.69) is 26.1 Å². The lowest BCUT2D eigenvalue weighted by molar-refractivity contribution is 0.0934. The number of rotatable bonds is 8. The molecule has 0 unspecified atom stereocenters. The fraction of sp³-hybridized carbons (Fsp3) is 0.588. The number of carbonyl (C=O) groups excluding carboxylic acids is 1. The zero-order valence-electron chi connectivity index (χ0n) is 12.8. The second-order valence-electron chi connectivity index (χ2n) is 6.13. The number of nitrogens with one attached hydrogen (secondary N) is 1. The van der Waals surface area contributed by atoms with E-state index in [4.69, 9.17) is 11.6 Å². The average molecular weight is 296 g/mol. The van der Waals surface area contributed by atoms with Gasteiger partial charge in [0.2, 0.25) is 0 Å². The average Bonchev–Trinajstić information content (AvgIpc) is 2.45. The van der Waals surface area contributed by atoms with Gasteiger partial charge in [-0.15, -0.1) is 11.6 Å². The molecule has 0 bridgehead atoms. The molecule has 0 radical (unpaired) electrons. The first-order valence-electron chi connectivity index (χ1n) is 7.41. The Labute approximate surface area is 127 Å². The number of halogens is 1. The Hall–Kier alpha value is -1.02. The second-order valence-corrected chi connectivity index (χ2v) is 6.40. The minimum absolute atomic E-state index is 0.00492. The summed E-state index contributed by atoms with van der Waals surface area (Å²) in [6, 6.07) is 7.46. The van der Waals surface area contributed by atoms with Gasteiger partial charge in [0.15, 0.2) is 0 Å². The van der Waals surface area contributed by atoms with Crippen LogP contribution in [0.15, 0.2) is 24.3 Å². The molecule has 1 aromatic rings. The molecule has 0 aliphatic heterocycles. The molecule has 0 aliphatic rings. The summed E-state index contributed by atoms with van der Waals surface area (Å²) < 4.78 is 0. The third-order valence-electron chi connectivity index (χ3n) is 3.56. The fourth-order valence-electron chi connectivity index (χ4n) is 2.11. The Balaban J connectivity index is 2.45. The molecule has 1 amide bonds. The van der Waals surface area contributed by atoms with Gasteiger partial charge in [0.05, 0.1) is 0 Å². The first-order chi connectivity index (χ1) is 9.48. The molecule has 20 heavy (non-hydrogen) atoms. The molecule has 0 heterocycles. The molecule has 1 N–H and O–H groups in total. The van der Waals surface area contributed by atoms with Gasteiger partial charge in [-0.3, -0.25) is 4.79 Å². The summed E-state index contributed by atoms with van der Waals surface area (Å²) in [6.07, 6.45) is 4.86. The smallest absolute Gasteiger partial charge is 0.251 e. The third-order valence-corrected chi connectivity index (χ3v) is 3.86. The maximum Gasteiger partial charge on any atom is 0.251 e. The first-order valence-corrected chi connectivity index (χ1v) is 7.95. The van der Waals surface area contributed by atoms with Gasteiger partial charge < -0.3 is 5.32 Å². The van der Waals surface area contributed by atoms with Gasteiger partial charge >= 0.3 is 0 Å². The van der Waals surface area contributed by atoms with Crippen molar-refractivity contribution in [2.75, 3.05) is 6.54 Å². The van der Waals surface area contributed by atoms with Gasteiger partial charge in [-0.2, -0.15) is 0 Å². The predicted molar refractivity (Wildman–Crippen MR) is 86.3 cm³/mol. The molecule has 0 fully saturated rings. The summed E-state index contributed by atoms with van der Waals surface area (Å²) >= 11 is 5.74. The number of hydrogen-bond acceptors (Lipinski definition) is 1. The highest BCUT2D eigenvalue weighted by Gasteiger charge is 2.18. The number of benzene rings is 1. The molecule has 0 aromatic heterocycles. The van der Waals surface area contributed by atoms with Gasteiger partial charge in [-0.1, -0.05) is 52.2 Å². The van der Waals surface area contributed by atoms with Crippen LogP contribution in [0.25, 0.3) is 0 Å². The highest BCUT2D eigenvalue weighted by Crippen LogP contribution is 2.22. The largest absolute Gasteiger partial charge is 0.352 e. The molecular weight excluding hydrogens is 270 g/mol. The molecule has 1 aromatic carbocycles. The van der Waals surface area contributed by atoms with Crippen LogP contribution in [0.1, 0.15) is 62.4 Å². The van der Waals surface area contributed by atoms with Crippen LogP contribution in [0.3, 0.4) is 0 Å². The topological polar surface area (TPSA) is 29.1 Å². The van der Waals surface area contributed by atoms with Crippen LogP contribution in [-0.2, 0) is 5.88 Å². The van der Waals surface area contributed by atoms with E-state index in [0.717, 1.165) is 12.0 Å². The first kappa shape index (κ1) is 17.0. The Kier molecular flexibility index (Phi) is 7.08. The molecule has 0 saturated heterocycles. The number of amides is 1. The number of carbonyl (C=O) groups is 1.